The van der Waals surface area contributed by atoms with Gasteiger partial charge < -0.3 is 20.5 Å². The molecule has 3 N–H and O–H groups in total. The molecule has 7 heteroatoms. The molecule has 0 radical (unpaired) electrons. The number of ether oxygens (including phenoxy) is 2. The summed E-state index contributed by atoms with van der Waals surface area (Å²) in [5.74, 6) is -1.39. The van der Waals surface area contributed by atoms with E-state index in [1.165, 1.54) is 6.92 Å². The maximum atomic E-state index is 11.5. The highest BCUT2D eigenvalue weighted by Gasteiger charge is 2.20. The molecule has 0 saturated carbocycles. The van der Waals surface area contributed by atoms with Crippen molar-refractivity contribution in [1.29, 1.82) is 0 Å². The third kappa shape index (κ3) is 5.85. The van der Waals surface area contributed by atoms with Gasteiger partial charge in [0.1, 0.15) is 19.3 Å². The van der Waals surface area contributed by atoms with Gasteiger partial charge in [-0.2, -0.15) is 0 Å². The van der Waals surface area contributed by atoms with Crippen molar-refractivity contribution in [2.24, 2.45) is 5.73 Å². The smallest absolute Gasteiger partial charge is 0.408 e. The average Bonchev–Trinajstić information content (AvgIpc) is 2.41. The molecule has 1 atom stereocenters. The van der Waals surface area contributed by atoms with Crippen LogP contribution in [0.4, 0.5) is 4.79 Å². The Morgan fingerprint density at radius 2 is 1.85 bits per heavy atom. The van der Waals surface area contributed by atoms with Crippen molar-refractivity contribution in [3.05, 3.63) is 35.9 Å². The Labute approximate surface area is 116 Å². The maximum Gasteiger partial charge on any atom is 0.408 e. The lowest BCUT2D eigenvalue weighted by Gasteiger charge is -2.15. The summed E-state index contributed by atoms with van der Waals surface area (Å²) in [6.07, 6.45) is -0.815. The molecule has 0 heterocycles. The molecule has 1 aromatic rings. The van der Waals surface area contributed by atoms with Gasteiger partial charge >= 0.3 is 12.1 Å². The van der Waals surface area contributed by atoms with Crippen LogP contribution in [0.5, 0.6) is 0 Å². The van der Waals surface area contributed by atoms with Crippen LogP contribution in [-0.4, -0.2) is 30.6 Å². The molecule has 0 bridgehead atoms. The highest BCUT2D eigenvalue weighted by atomic mass is 16.6. The van der Waals surface area contributed by atoms with Crippen LogP contribution < -0.4 is 11.1 Å². The van der Waals surface area contributed by atoms with Crippen molar-refractivity contribution in [3.8, 4) is 0 Å². The zero-order valence-corrected chi connectivity index (χ0v) is 11.0. The van der Waals surface area contributed by atoms with Gasteiger partial charge in [0.15, 0.2) is 0 Å². The SMILES string of the molecule is CC(=O)OCC(NC(=O)OCc1ccccc1)C(N)=O. The average molecular weight is 280 g/mol. The lowest BCUT2D eigenvalue weighted by Crippen LogP contribution is -2.47. The molecule has 20 heavy (non-hydrogen) atoms. The zero-order valence-electron chi connectivity index (χ0n) is 11.0. The van der Waals surface area contributed by atoms with E-state index in [0.717, 1.165) is 5.56 Å². The Morgan fingerprint density at radius 1 is 1.20 bits per heavy atom. The molecular formula is C13H16N2O5. The number of rotatable bonds is 6. The topological polar surface area (TPSA) is 108 Å². The lowest BCUT2D eigenvalue weighted by atomic mass is 10.2. The minimum absolute atomic E-state index is 0.0612. The summed E-state index contributed by atoms with van der Waals surface area (Å²) in [6.45, 7) is 0.919. The molecule has 0 fully saturated rings. The number of primary amides is 1. The second-order valence-electron chi connectivity index (χ2n) is 3.96. The number of nitrogens with one attached hydrogen (secondary N) is 1. The van der Waals surface area contributed by atoms with Crippen LogP contribution in [0.2, 0.25) is 0 Å². The van der Waals surface area contributed by atoms with Gasteiger partial charge in [-0.1, -0.05) is 30.3 Å². The van der Waals surface area contributed by atoms with Crippen LogP contribution in [0.1, 0.15) is 12.5 Å². The third-order valence-electron chi connectivity index (χ3n) is 2.30. The summed E-state index contributed by atoms with van der Waals surface area (Å²) in [4.78, 5) is 33.2. The summed E-state index contributed by atoms with van der Waals surface area (Å²) >= 11 is 0. The first-order valence-electron chi connectivity index (χ1n) is 5.89. The Morgan fingerprint density at radius 3 is 2.40 bits per heavy atom. The van der Waals surface area contributed by atoms with Gasteiger partial charge in [0, 0.05) is 6.92 Å². The number of hydrogen-bond donors (Lipinski definition) is 2. The largest absolute Gasteiger partial charge is 0.463 e. The van der Waals surface area contributed by atoms with Crippen molar-refractivity contribution in [2.45, 2.75) is 19.6 Å². The van der Waals surface area contributed by atoms with E-state index in [9.17, 15) is 14.4 Å². The highest BCUT2D eigenvalue weighted by molar-refractivity contribution is 5.84. The molecule has 0 aliphatic heterocycles. The van der Waals surface area contributed by atoms with Crippen LogP contribution in [0.15, 0.2) is 30.3 Å². The molecule has 0 aliphatic rings. The number of alkyl carbamates (subject to hydrolysis) is 1. The molecule has 0 saturated heterocycles. The summed E-state index contributed by atoms with van der Waals surface area (Å²) in [5, 5.41) is 2.23. The number of nitrogens with two attached hydrogens (primary N) is 1. The fraction of sp³-hybridized carbons (Fsp3) is 0.308. The zero-order chi connectivity index (χ0) is 15.0. The van der Waals surface area contributed by atoms with Crippen molar-refractivity contribution in [2.75, 3.05) is 6.61 Å². The molecule has 1 aromatic carbocycles. The lowest BCUT2D eigenvalue weighted by molar-refractivity contribution is -0.142. The number of benzene rings is 1. The van der Waals surface area contributed by atoms with Crippen LogP contribution in [0.3, 0.4) is 0 Å². The molecule has 0 spiro atoms. The van der Waals surface area contributed by atoms with E-state index >= 15 is 0 Å². The fourth-order valence-corrected chi connectivity index (χ4v) is 1.30. The third-order valence-corrected chi connectivity index (χ3v) is 2.30. The van der Waals surface area contributed by atoms with E-state index in [2.05, 4.69) is 10.1 Å². The quantitative estimate of drug-likeness (QED) is 0.730. The van der Waals surface area contributed by atoms with Crippen LogP contribution in [0.25, 0.3) is 0 Å². The van der Waals surface area contributed by atoms with E-state index in [0.29, 0.717) is 0 Å². The molecule has 0 aromatic heterocycles. The number of esters is 1. The molecule has 2 amide bonds. The molecule has 7 nitrogen and oxygen atoms in total. The Kier molecular flexibility index (Phi) is 6.02. The van der Waals surface area contributed by atoms with Crippen molar-refractivity contribution in [3.63, 3.8) is 0 Å². The normalized spacial score (nSPS) is 11.2. The minimum atomic E-state index is -1.12. The van der Waals surface area contributed by atoms with Gasteiger partial charge in [-0.15, -0.1) is 0 Å². The summed E-state index contributed by atoms with van der Waals surface area (Å²) in [5.41, 5.74) is 5.88. The van der Waals surface area contributed by atoms with Crippen LogP contribution in [0, 0.1) is 0 Å². The number of carbonyl (C=O) groups is 3. The first kappa shape index (κ1) is 15.5. The second-order valence-corrected chi connectivity index (χ2v) is 3.96. The van der Waals surface area contributed by atoms with Crippen molar-refractivity contribution >= 4 is 18.0 Å². The number of carbonyl (C=O) groups excluding carboxylic acids is 3. The van der Waals surface area contributed by atoms with Gasteiger partial charge in [0.2, 0.25) is 5.91 Å². The predicted molar refractivity (Wildman–Crippen MR) is 69.4 cm³/mol. The predicted octanol–water partition coefficient (Wildman–Crippen LogP) is 0.330. The second kappa shape index (κ2) is 7.78. The number of hydrogen-bond acceptors (Lipinski definition) is 5. The van der Waals surface area contributed by atoms with E-state index in [1.807, 2.05) is 18.2 Å². The minimum Gasteiger partial charge on any atom is -0.463 e. The van der Waals surface area contributed by atoms with Crippen molar-refractivity contribution < 1.29 is 23.9 Å². The molecule has 108 valence electrons. The Hall–Kier alpha value is -2.57. The Balaban J connectivity index is 2.41. The monoisotopic (exact) mass is 280 g/mol. The fourth-order valence-electron chi connectivity index (χ4n) is 1.30. The summed E-state index contributed by atoms with van der Waals surface area (Å²) in [6, 6.07) is 7.91. The van der Waals surface area contributed by atoms with E-state index in [1.54, 1.807) is 12.1 Å². The molecule has 1 unspecified atom stereocenters. The molecule has 1 rings (SSSR count). The summed E-state index contributed by atoms with van der Waals surface area (Å²) < 4.78 is 9.54. The van der Waals surface area contributed by atoms with Gasteiger partial charge in [-0.05, 0) is 5.56 Å². The molecule has 0 aliphatic carbocycles. The van der Waals surface area contributed by atoms with Gasteiger partial charge in [0.25, 0.3) is 0 Å². The van der Waals surface area contributed by atoms with Gasteiger partial charge in [0.05, 0.1) is 0 Å². The van der Waals surface area contributed by atoms with Crippen LogP contribution >= 0.6 is 0 Å². The van der Waals surface area contributed by atoms with Crippen LogP contribution in [-0.2, 0) is 25.7 Å². The summed E-state index contributed by atoms with van der Waals surface area (Å²) in [7, 11) is 0. The first-order valence-corrected chi connectivity index (χ1v) is 5.89. The standard InChI is InChI=1S/C13H16N2O5/c1-9(16)19-8-11(12(14)17)15-13(18)20-7-10-5-3-2-4-6-10/h2-6,11H,7-8H2,1H3,(H2,14,17)(H,15,18). The van der Waals surface area contributed by atoms with E-state index < -0.39 is 24.0 Å². The van der Waals surface area contributed by atoms with Crippen molar-refractivity contribution in [1.82, 2.24) is 5.32 Å². The maximum absolute atomic E-state index is 11.5. The number of amides is 2. The van der Waals surface area contributed by atoms with Gasteiger partial charge in [-0.25, -0.2) is 4.79 Å². The van der Waals surface area contributed by atoms with E-state index in [4.69, 9.17) is 10.5 Å². The Bertz CT molecular complexity index is 475. The van der Waals surface area contributed by atoms with Gasteiger partial charge in [-0.3, -0.25) is 9.59 Å². The highest BCUT2D eigenvalue weighted by Crippen LogP contribution is 2.00. The molecular weight excluding hydrogens is 264 g/mol. The van der Waals surface area contributed by atoms with E-state index in [-0.39, 0.29) is 13.2 Å². The first-order chi connectivity index (χ1) is 9.49.